The van der Waals surface area contributed by atoms with Crippen molar-refractivity contribution in [2.45, 2.75) is 0 Å². The molecule has 10 heteroatoms. The molecule has 3 aromatic heterocycles. The number of imidazole rings is 1. The highest BCUT2D eigenvalue weighted by molar-refractivity contribution is 9.10. The molecule has 0 fully saturated rings. The number of ether oxygens (including phenoxy) is 1. The predicted octanol–water partition coefficient (Wildman–Crippen LogP) is 1.05. The molecule has 1 N–H and O–H groups in total. The van der Waals surface area contributed by atoms with Gasteiger partial charge in [0.1, 0.15) is 5.75 Å². The summed E-state index contributed by atoms with van der Waals surface area (Å²) in [4.78, 5) is 26.6. The van der Waals surface area contributed by atoms with Crippen molar-refractivity contribution in [3.05, 3.63) is 43.5 Å². The van der Waals surface area contributed by atoms with Crippen molar-refractivity contribution in [1.82, 2.24) is 28.7 Å². The van der Waals surface area contributed by atoms with E-state index in [1.165, 1.54) is 4.57 Å². The van der Waals surface area contributed by atoms with Crippen LogP contribution in [0.1, 0.15) is 0 Å². The fourth-order valence-corrected chi connectivity index (χ4v) is 3.33. The largest absolute Gasteiger partial charge is 0.496 e. The number of aryl methyl sites for hydroxylation is 2. The fourth-order valence-electron chi connectivity index (χ4n) is 2.97. The van der Waals surface area contributed by atoms with E-state index in [9.17, 15) is 9.59 Å². The van der Waals surface area contributed by atoms with Crippen LogP contribution in [0.25, 0.3) is 28.3 Å². The zero-order chi connectivity index (χ0) is 17.9. The highest BCUT2D eigenvalue weighted by Gasteiger charge is 2.22. The second-order valence-electron chi connectivity index (χ2n) is 5.55. The Morgan fingerprint density at radius 2 is 1.92 bits per heavy atom. The summed E-state index contributed by atoms with van der Waals surface area (Å²) in [6.45, 7) is 0. The van der Waals surface area contributed by atoms with E-state index in [0.717, 1.165) is 4.47 Å². The molecule has 0 spiro atoms. The molecule has 0 unspecified atom stereocenters. The lowest BCUT2D eigenvalue weighted by molar-refractivity contribution is 0.416. The lowest BCUT2D eigenvalue weighted by Crippen LogP contribution is -2.29. The minimum atomic E-state index is -0.508. The Labute approximate surface area is 148 Å². The number of benzene rings is 1. The number of aromatic amines is 1. The Morgan fingerprint density at radius 1 is 1.16 bits per heavy atom. The average molecular weight is 405 g/mol. The summed E-state index contributed by atoms with van der Waals surface area (Å²) in [6.07, 6.45) is 0. The van der Waals surface area contributed by atoms with E-state index >= 15 is 0 Å². The van der Waals surface area contributed by atoms with Gasteiger partial charge in [0.2, 0.25) is 5.78 Å². The summed E-state index contributed by atoms with van der Waals surface area (Å²) in [5.74, 6) is 1.52. The summed E-state index contributed by atoms with van der Waals surface area (Å²) < 4.78 is 10.9. The molecule has 0 amide bonds. The van der Waals surface area contributed by atoms with Crippen molar-refractivity contribution >= 4 is 32.9 Å². The Bertz CT molecular complexity index is 1260. The van der Waals surface area contributed by atoms with Gasteiger partial charge in [-0.1, -0.05) is 15.9 Å². The van der Waals surface area contributed by atoms with E-state index in [-0.39, 0.29) is 0 Å². The topological polar surface area (TPSA) is 99.2 Å². The fraction of sp³-hybridized carbons (Fsp3) is 0.200. The third-order valence-corrected chi connectivity index (χ3v) is 4.66. The summed E-state index contributed by atoms with van der Waals surface area (Å²) in [7, 11) is 4.85. The first kappa shape index (κ1) is 15.6. The number of halogens is 1. The third-order valence-electron chi connectivity index (χ3n) is 4.17. The van der Waals surface area contributed by atoms with Crippen molar-refractivity contribution < 1.29 is 4.74 Å². The van der Waals surface area contributed by atoms with Crippen LogP contribution in [-0.2, 0) is 14.1 Å². The molecule has 25 heavy (non-hydrogen) atoms. The van der Waals surface area contributed by atoms with E-state index in [0.29, 0.717) is 34.1 Å². The zero-order valence-electron chi connectivity index (χ0n) is 13.6. The van der Waals surface area contributed by atoms with Crippen LogP contribution >= 0.6 is 15.9 Å². The summed E-state index contributed by atoms with van der Waals surface area (Å²) in [6, 6.07) is 5.50. The van der Waals surface area contributed by atoms with Gasteiger partial charge < -0.3 is 9.30 Å². The monoisotopic (exact) mass is 404 g/mol. The van der Waals surface area contributed by atoms with Gasteiger partial charge in [0.25, 0.3) is 5.56 Å². The predicted molar refractivity (Wildman–Crippen MR) is 95.0 cm³/mol. The Balaban J connectivity index is 2.24. The van der Waals surface area contributed by atoms with Crippen LogP contribution in [0.15, 0.2) is 32.3 Å². The molecule has 128 valence electrons. The number of hydrogen-bond donors (Lipinski definition) is 1. The van der Waals surface area contributed by atoms with Gasteiger partial charge in [0.05, 0.1) is 12.7 Å². The van der Waals surface area contributed by atoms with Crippen LogP contribution in [0.4, 0.5) is 0 Å². The minimum absolute atomic E-state index is 0.335. The first-order valence-electron chi connectivity index (χ1n) is 7.30. The SMILES string of the molecule is COc1ccc(Br)cc1-c1nnc2n(C)c3c(=O)[nH]c(=O)n(C)c3n12. The van der Waals surface area contributed by atoms with Crippen LogP contribution in [0, 0.1) is 0 Å². The average Bonchev–Trinajstić information content (AvgIpc) is 3.12. The van der Waals surface area contributed by atoms with Crippen LogP contribution in [0.3, 0.4) is 0 Å². The number of H-pyrrole nitrogens is 1. The molecule has 0 saturated carbocycles. The molecule has 0 aliphatic rings. The maximum Gasteiger partial charge on any atom is 0.329 e. The van der Waals surface area contributed by atoms with Crippen LogP contribution in [0.5, 0.6) is 5.75 Å². The van der Waals surface area contributed by atoms with E-state index in [1.54, 1.807) is 36.2 Å². The molecule has 4 aromatic rings. The maximum absolute atomic E-state index is 12.3. The van der Waals surface area contributed by atoms with Gasteiger partial charge in [-0.2, -0.15) is 0 Å². The lowest BCUT2D eigenvalue weighted by atomic mass is 10.2. The number of methoxy groups -OCH3 is 1. The molecule has 0 aliphatic carbocycles. The van der Waals surface area contributed by atoms with Crippen molar-refractivity contribution in [2.75, 3.05) is 7.11 Å². The van der Waals surface area contributed by atoms with Crippen molar-refractivity contribution in [1.29, 1.82) is 0 Å². The van der Waals surface area contributed by atoms with Gasteiger partial charge in [0.15, 0.2) is 17.0 Å². The molecule has 1 aromatic carbocycles. The van der Waals surface area contributed by atoms with Gasteiger partial charge in [-0.15, -0.1) is 10.2 Å². The molecular weight excluding hydrogens is 392 g/mol. The van der Waals surface area contributed by atoms with E-state index in [1.807, 2.05) is 12.1 Å². The Morgan fingerprint density at radius 3 is 2.64 bits per heavy atom. The minimum Gasteiger partial charge on any atom is -0.496 e. The second kappa shape index (κ2) is 5.31. The van der Waals surface area contributed by atoms with Crippen LogP contribution < -0.4 is 16.0 Å². The molecule has 3 heterocycles. The molecule has 4 rings (SSSR count). The second-order valence-corrected chi connectivity index (χ2v) is 6.47. The zero-order valence-corrected chi connectivity index (χ0v) is 15.2. The molecular formula is C15H13BrN6O3. The quantitative estimate of drug-likeness (QED) is 0.538. The van der Waals surface area contributed by atoms with Gasteiger partial charge in [-0.3, -0.25) is 14.3 Å². The Kier molecular flexibility index (Phi) is 3.32. The van der Waals surface area contributed by atoms with E-state index in [2.05, 4.69) is 31.1 Å². The first-order chi connectivity index (χ1) is 11.9. The standard InChI is InChI=1S/C15H13BrN6O3/c1-20-10-12(23)17-15(24)21(2)13(10)22-11(18-19-14(20)22)8-6-7(16)4-5-9(8)25-3/h4-6H,1-3H3,(H,17,23,24). The van der Waals surface area contributed by atoms with E-state index in [4.69, 9.17) is 4.74 Å². The van der Waals surface area contributed by atoms with Crippen LogP contribution in [-0.4, -0.2) is 35.8 Å². The third kappa shape index (κ3) is 2.07. The van der Waals surface area contributed by atoms with Crippen molar-refractivity contribution in [2.24, 2.45) is 14.1 Å². The molecule has 9 nitrogen and oxygen atoms in total. The van der Waals surface area contributed by atoms with Crippen molar-refractivity contribution in [3.8, 4) is 17.1 Å². The number of fused-ring (bicyclic) bond motifs is 3. The number of nitrogens with one attached hydrogen (secondary N) is 1. The maximum atomic E-state index is 12.3. The lowest BCUT2D eigenvalue weighted by Gasteiger charge is -2.08. The van der Waals surface area contributed by atoms with Gasteiger partial charge >= 0.3 is 5.69 Å². The normalized spacial score (nSPS) is 11.5. The summed E-state index contributed by atoms with van der Waals surface area (Å²) in [5, 5.41) is 8.44. The number of aromatic nitrogens is 6. The highest BCUT2D eigenvalue weighted by atomic mass is 79.9. The number of hydrogen-bond acceptors (Lipinski definition) is 5. The summed E-state index contributed by atoms with van der Waals surface area (Å²) >= 11 is 3.44. The highest BCUT2D eigenvalue weighted by Crippen LogP contribution is 2.33. The molecule has 0 radical (unpaired) electrons. The number of rotatable bonds is 2. The number of nitrogens with zero attached hydrogens (tertiary/aromatic N) is 5. The first-order valence-corrected chi connectivity index (χ1v) is 8.10. The molecule has 0 saturated heterocycles. The smallest absolute Gasteiger partial charge is 0.329 e. The summed E-state index contributed by atoms with van der Waals surface area (Å²) in [5.41, 5.74) is 0.448. The van der Waals surface area contributed by atoms with Crippen LogP contribution in [0.2, 0.25) is 0 Å². The Hall–Kier alpha value is -2.88. The molecule has 0 bridgehead atoms. The van der Waals surface area contributed by atoms with E-state index < -0.39 is 11.2 Å². The molecule has 0 aliphatic heterocycles. The van der Waals surface area contributed by atoms with Gasteiger partial charge in [0, 0.05) is 18.6 Å². The van der Waals surface area contributed by atoms with Gasteiger partial charge in [-0.05, 0) is 18.2 Å². The van der Waals surface area contributed by atoms with Gasteiger partial charge in [-0.25, -0.2) is 9.20 Å². The van der Waals surface area contributed by atoms with Crippen molar-refractivity contribution in [3.63, 3.8) is 0 Å². The molecule has 0 atom stereocenters.